The fraction of sp³-hybridized carbons (Fsp3) is 0.600. The fourth-order valence-corrected chi connectivity index (χ4v) is 5.71. The lowest BCUT2D eigenvalue weighted by Crippen LogP contribution is -2.60. The standard InChI is InChI=1S/C20H26N2O6S/c1-13(23)16-17(24)22-11-20(19(25)26,29-18(16)22)12-28-15-4-2-14(3-5-15)10-21-6-8-27-9-7-21/h2-5,13,16,18,23H,6-12H2,1H3,(H,25,26)/t13-,16+,18-,20?/m1/s1. The van der Waals surface area contributed by atoms with Crippen LogP contribution >= 0.6 is 11.8 Å². The number of carbonyl (C=O) groups excluding carboxylic acids is 1. The van der Waals surface area contributed by atoms with Crippen LogP contribution in [0.15, 0.2) is 24.3 Å². The van der Waals surface area contributed by atoms with Gasteiger partial charge in [-0.05, 0) is 24.6 Å². The Morgan fingerprint density at radius 1 is 1.34 bits per heavy atom. The summed E-state index contributed by atoms with van der Waals surface area (Å²) in [5.41, 5.74) is 1.16. The highest BCUT2D eigenvalue weighted by Gasteiger charge is 2.63. The zero-order valence-corrected chi connectivity index (χ0v) is 17.1. The quantitative estimate of drug-likeness (QED) is 0.618. The number of aliphatic carboxylic acids is 1. The molecule has 1 amide bonds. The molecule has 0 saturated carbocycles. The maximum Gasteiger partial charge on any atom is 0.325 e. The number of amides is 1. The van der Waals surface area contributed by atoms with Crippen LogP contribution in [0, 0.1) is 5.92 Å². The summed E-state index contributed by atoms with van der Waals surface area (Å²) >= 11 is 1.20. The highest BCUT2D eigenvalue weighted by atomic mass is 32.2. The number of aliphatic hydroxyl groups is 1. The van der Waals surface area contributed by atoms with E-state index in [0.29, 0.717) is 5.75 Å². The van der Waals surface area contributed by atoms with E-state index in [-0.39, 0.29) is 24.4 Å². The molecule has 3 aliphatic heterocycles. The molecule has 1 aromatic rings. The van der Waals surface area contributed by atoms with Gasteiger partial charge >= 0.3 is 5.97 Å². The number of rotatable bonds is 7. The van der Waals surface area contributed by atoms with Gasteiger partial charge in [0.2, 0.25) is 5.91 Å². The van der Waals surface area contributed by atoms with Crippen LogP contribution in [0.25, 0.3) is 0 Å². The second-order valence-electron chi connectivity index (χ2n) is 7.86. The van der Waals surface area contributed by atoms with Crippen molar-refractivity contribution in [1.82, 2.24) is 9.80 Å². The zero-order chi connectivity index (χ0) is 20.6. The van der Waals surface area contributed by atoms with Gasteiger partial charge in [0.1, 0.15) is 12.4 Å². The van der Waals surface area contributed by atoms with Crippen molar-refractivity contribution in [2.24, 2.45) is 5.92 Å². The van der Waals surface area contributed by atoms with E-state index in [0.717, 1.165) is 38.4 Å². The summed E-state index contributed by atoms with van der Waals surface area (Å²) in [6.07, 6.45) is -0.791. The molecule has 29 heavy (non-hydrogen) atoms. The second kappa shape index (κ2) is 8.14. The molecule has 0 bridgehead atoms. The van der Waals surface area contributed by atoms with Crippen molar-refractivity contribution in [3.63, 3.8) is 0 Å². The Bertz CT molecular complexity index is 767. The van der Waals surface area contributed by atoms with Crippen LogP contribution in [-0.4, -0.2) is 87.6 Å². The minimum atomic E-state index is -1.23. The van der Waals surface area contributed by atoms with Crippen LogP contribution in [0.4, 0.5) is 0 Å². The van der Waals surface area contributed by atoms with Crippen molar-refractivity contribution in [3.8, 4) is 5.75 Å². The summed E-state index contributed by atoms with van der Waals surface area (Å²) < 4.78 is 9.96. The van der Waals surface area contributed by atoms with Gasteiger partial charge < -0.3 is 24.6 Å². The van der Waals surface area contributed by atoms with Crippen molar-refractivity contribution >= 4 is 23.6 Å². The van der Waals surface area contributed by atoms with Gasteiger partial charge in [0.05, 0.1) is 37.2 Å². The third-order valence-electron chi connectivity index (χ3n) is 5.77. The van der Waals surface area contributed by atoms with Crippen LogP contribution in [0.2, 0.25) is 0 Å². The van der Waals surface area contributed by atoms with Gasteiger partial charge in [0.15, 0.2) is 4.75 Å². The summed E-state index contributed by atoms with van der Waals surface area (Å²) in [5.74, 6) is -1.13. The van der Waals surface area contributed by atoms with Crippen LogP contribution in [0.3, 0.4) is 0 Å². The average molecular weight is 423 g/mol. The Kier molecular flexibility index (Phi) is 5.74. The van der Waals surface area contributed by atoms with Crippen LogP contribution in [0.1, 0.15) is 12.5 Å². The summed E-state index contributed by atoms with van der Waals surface area (Å²) in [5, 5.41) is 19.3. The number of hydrogen-bond donors (Lipinski definition) is 2. The first kappa shape index (κ1) is 20.5. The number of fused-ring (bicyclic) bond motifs is 1. The lowest BCUT2D eigenvalue weighted by atomic mass is 9.92. The van der Waals surface area contributed by atoms with E-state index in [2.05, 4.69) is 4.90 Å². The van der Waals surface area contributed by atoms with Crippen molar-refractivity contribution < 1.29 is 29.3 Å². The molecule has 1 unspecified atom stereocenters. The van der Waals surface area contributed by atoms with Crippen molar-refractivity contribution in [2.75, 3.05) is 39.5 Å². The molecular formula is C20H26N2O6S. The third-order valence-corrected chi connectivity index (χ3v) is 7.43. The number of nitrogens with zero attached hydrogens (tertiary/aromatic N) is 2. The first-order valence-electron chi connectivity index (χ1n) is 9.81. The molecule has 3 fully saturated rings. The summed E-state index contributed by atoms with van der Waals surface area (Å²) in [6, 6.07) is 7.67. The highest BCUT2D eigenvalue weighted by molar-refractivity contribution is 8.02. The Hall–Kier alpha value is -1.81. The lowest BCUT2D eigenvalue weighted by Gasteiger charge is -2.42. The Morgan fingerprint density at radius 3 is 2.66 bits per heavy atom. The van der Waals surface area contributed by atoms with Gasteiger partial charge in [-0.25, -0.2) is 0 Å². The smallest absolute Gasteiger partial charge is 0.325 e. The number of benzene rings is 1. The molecule has 0 aliphatic carbocycles. The molecule has 3 heterocycles. The summed E-state index contributed by atoms with van der Waals surface area (Å²) in [4.78, 5) is 28.0. The van der Waals surface area contributed by atoms with Crippen molar-refractivity contribution in [2.45, 2.75) is 29.7 Å². The molecular weight excluding hydrogens is 396 g/mol. The molecule has 4 atom stereocenters. The molecule has 2 N–H and O–H groups in total. The molecule has 9 heteroatoms. The number of carbonyl (C=O) groups is 2. The fourth-order valence-electron chi connectivity index (χ4n) is 4.01. The molecule has 4 rings (SSSR count). The normalized spacial score (nSPS) is 30.6. The van der Waals surface area contributed by atoms with E-state index in [1.165, 1.54) is 16.7 Å². The maximum absolute atomic E-state index is 12.2. The maximum atomic E-state index is 12.2. The van der Waals surface area contributed by atoms with E-state index in [9.17, 15) is 19.8 Å². The van der Waals surface area contributed by atoms with Gasteiger partial charge in [-0.15, -0.1) is 11.8 Å². The molecule has 0 aromatic heterocycles. The number of thioether (sulfide) groups is 1. The van der Waals surface area contributed by atoms with Gasteiger partial charge in [0, 0.05) is 19.6 Å². The second-order valence-corrected chi connectivity index (χ2v) is 9.36. The number of carboxylic acid groups (broad SMARTS) is 1. The Morgan fingerprint density at radius 2 is 2.03 bits per heavy atom. The van der Waals surface area contributed by atoms with Crippen molar-refractivity contribution in [1.29, 1.82) is 0 Å². The molecule has 158 valence electrons. The van der Waals surface area contributed by atoms with E-state index in [4.69, 9.17) is 9.47 Å². The molecule has 0 radical (unpaired) electrons. The lowest BCUT2D eigenvalue weighted by molar-refractivity contribution is -0.156. The van der Waals surface area contributed by atoms with E-state index >= 15 is 0 Å². The van der Waals surface area contributed by atoms with Gasteiger partial charge in [-0.3, -0.25) is 14.5 Å². The third kappa shape index (κ3) is 3.96. The van der Waals surface area contributed by atoms with E-state index < -0.39 is 22.7 Å². The zero-order valence-electron chi connectivity index (χ0n) is 16.3. The molecule has 3 saturated heterocycles. The van der Waals surface area contributed by atoms with Crippen LogP contribution in [0.5, 0.6) is 5.75 Å². The minimum Gasteiger partial charge on any atom is -0.491 e. The number of morpholine rings is 1. The number of β-lactam (4-membered cyclic amide) rings is 1. The van der Waals surface area contributed by atoms with Crippen LogP contribution in [-0.2, 0) is 20.9 Å². The molecule has 3 aliphatic rings. The number of ether oxygens (including phenoxy) is 2. The Labute approximate surface area is 173 Å². The number of aliphatic hydroxyl groups excluding tert-OH is 1. The van der Waals surface area contributed by atoms with Gasteiger partial charge in [-0.2, -0.15) is 0 Å². The van der Waals surface area contributed by atoms with Gasteiger partial charge in [-0.1, -0.05) is 12.1 Å². The van der Waals surface area contributed by atoms with E-state index in [1.807, 2.05) is 24.3 Å². The highest BCUT2D eigenvalue weighted by Crippen LogP contribution is 2.50. The first-order chi connectivity index (χ1) is 13.9. The summed E-state index contributed by atoms with van der Waals surface area (Å²) in [6.45, 7) is 5.81. The summed E-state index contributed by atoms with van der Waals surface area (Å²) in [7, 11) is 0. The molecule has 0 spiro atoms. The van der Waals surface area contributed by atoms with Gasteiger partial charge in [0.25, 0.3) is 0 Å². The largest absolute Gasteiger partial charge is 0.491 e. The Balaban J connectivity index is 1.37. The van der Waals surface area contributed by atoms with Crippen molar-refractivity contribution in [3.05, 3.63) is 29.8 Å². The number of hydrogen-bond acceptors (Lipinski definition) is 7. The first-order valence-corrected chi connectivity index (χ1v) is 10.7. The molecule has 1 aromatic carbocycles. The van der Waals surface area contributed by atoms with Crippen LogP contribution < -0.4 is 4.74 Å². The molecule has 8 nitrogen and oxygen atoms in total. The van der Waals surface area contributed by atoms with E-state index in [1.54, 1.807) is 6.92 Å². The average Bonchev–Trinajstić information content (AvgIpc) is 3.04. The minimum absolute atomic E-state index is 0.0391. The topological polar surface area (TPSA) is 99.5 Å². The predicted octanol–water partition coefficient (Wildman–Crippen LogP) is 0.633. The monoisotopic (exact) mass is 422 g/mol. The SMILES string of the molecule is C[C@@H](O)[C@H]1C(=O)N2CC(COc3ccc(CN4CCOCC4)cc3)(C(=O)O)S[C@H]12. The number of carboxylic acids is 1. The predicted molar refractivity (Wildman–Crippen MR) is 107 cm³/mol.